The highest BCUT2D eigenvalue weighted by molar-refractivity contribution is 5.80. The van der Waals surface area contributed by atoms with Crippen molar-refractivity contribution < 1.29 is 4.42 Å². The van der Waals surface area contributed by atoms with Gasteiger partial charge in [0.15, 0.2) is 0 Å². The number of nitrogens with zero attached hydrogens (tertiary/aromatic N) is 3. The summed E-state index contributed by atoms with van der Waals surface area (Å²) < 4.78 is 6.34. The number of nitroso groups, excluding NO2 is 1. The van der Waals surface area contributed by atoms with Crippen molar-refractivity contribution in [1.29, 1.82) is 0 Å². The second kappa shape index (κ2) is 7.32. The van der Waals surface area contributed by atoms with Crippen LogP contribution in [0.5, 0.6) is 0 Å². The van der Waals surface area contributed by atoms with Gasteiger partial charge in [-0.05, 0) is 73.7 Å². The summed E-state index contributed by atoms with van der Waals surface area (Å²) in [6.45, 7) is 3.12. The smallest absolute Gasteiger partial charge is 0.142 e. The standard InChI is InChI=1S/C23H23N3O2/c27-25-22-6-4-17-13-18(3-5-20(17)22)21-14-19(15-26-11-1-2-12-26)28-23(21)16-7-9-24-10-8-16/h3,5,7-10,13-14,22H,1-2,4,6,11-12,15H2. The molecular formula is C23H23N3O2. The predicted octanol–water partition coefficient (Wildman–Crippen LogP) is 5.36. The van der Waals surface area contributed by atoms with E-state index in [1.165, 1.54) is 18.4 Å². The summed E-state index contributed by atoms with van der Waals surface area (Å²) in [4.78, 5) is 17.6. The zero-order valence-corrected chi connectivity index (χ0v) is 15.8. The van der Waals surface area contributed by atoms with Gasteiger partial charge < -0.3 is 4.42 Å². The Balaban J connectivity index is 1.55. The Morgan fingerprint density at radius 2 is 1.89 bits per heavy atom. The largest absolute Gasteiger partial charge is 0.459 e. The first kappa shape index (κ1) is 17.3. The molecule has 1 aliphatic carbocycles. The molecule has 5 nitrogen and oxygen atoms in total. The van der Waals surface area contributed by atoms with E-state index in [4.69, 9.17) is 4.42 Å². The van der Waals surface area contributed by atoms with Gasteiger partial charge in [0.05, 0.1) is 6.54 Å². The van der Waals surface area contributed by atoms with Crippen molar-refractivity contribution in [3.63, 3.8) is 0 Å². The molecule has 142 valence electrons. The maximum atomic E-state index is 11.1. The van der Waals surface area contributed by atoms with E-state index in [1.54, 1.807) is 12.4 Å². The molecule has 0 amide bonds. The zero-order valence-electron chi connectivity index (χ0n) is 15.8. The summed E-state index contributed by atoms with van der Waals surface area (Å²) in [6, 6.07) is 12.3. The number of furan rings is 1. The molecular weight excluding hydrogens is 350 g/mol. The highest BCUT2D eigenvalue weighted by Crippen LogP contribution is 2.40. The molecule has 0 N–H and O–H groups in total. The van der Waals surface area contributed by atoms with Crippen LogP contribution in [0.4, 0.5) is 0 Å². The number of hydrogen-bond donors (Lipinski definition) is 0. The van der Waals surface area contributed by atoms with E-state index in [0.717, 1.165) is 66.3 Å². The minimum atomic E-state index is -0.196. The van der Waals surface area contributed by atoms with E-state index in [-0.39, 0.29) is 6.04 Å². The lowest BCUT2D eigenvalue weighted by atomic mass is 9.98. The molecule has 0 spiro atoms. The van der Waals surface area contributed by atoms with Gasteiger partial charge in [0.25, 0.3) is 0 Å². The molecule has 0 bridgehead atoms. The Hall–Kier alpha value is -2.79. The van der Waals surface area contributed by atoms with Crippen molar-refractivity contribution >= 4 is 0 Å². The molecule has 5 rings (SSSR count). The highest BCUT2D eigenvalue weighted by atomic mass is 16.3. The molecule has 1 atom stereocenters. The molecule has 2 aromatic heterocycles. The fraction of sp³-hybridized carbons (Fsp3) is 0.348. The molecule has 1 fully saturated rings. The average Bonchev–Trinajstić information content (AvgIpc) is 3.48. The van der Waals surface area contributed by atoms with Crippen LogP contribution in [-0.4, -0.2) is 23.0 Å². The van der Waals surface area contributed by atoms with Crippen LogP contribution in [0, 0.1) is 4.91 Å². The Morgan fingerprint density at radius 1 is 1.07 bits per heavy atom. The zero-order chi connectivity index (χ0) is 18.9. The van der Waals surface area contributed by atoms with Gasteiger partial charge in [-0.3, -0.25) is 9.88 Å². The highest BCUT2D eigenvalue weighted by Gasteiger charge is 2.25. The summed E-state index contributed by atoms with van der Waals surface area (Å²) in [5.74, 6) is 1.89. The van der Waals surface area contributed by atoms with Crippen LogP contribution in [-0.2, 0) is 13.0 Å². The lowest BCUT2D eigenvalue weighted by molar-refractivity contribution is 0.299. The van der Waals surface area contributed by atoms with Crippen molar-refractivity contribution in [2.45, 2.75) is 38.3 Å². The maximum absolute atomic E-state index is 11.1. The molecule has 0 saturated carbocycles. The normalized spacial score (nSPS) is 19.1. The van der Waals surface area contributed by atoms with Gasteiger partial charge in [0.1, 0.15) is 17.6 Å². The van der Waals surface area contributed by atoms with Crippen molar-refractivity contribution in [1.82, 2.24) is 9.88 Å². The quantitative estimate of drug-likeness (QED) is 0.565. The molecule has 5 heteroatoms. The Labute approximate surface area is 164 Å². The third-order valence-electron chi connectivity index (χ3n) is 5.93. The molecule has 1 aromatic carbocycles. The van der Waals surface area contributed by atoms with E-state index >= 15 is 0 Å². The lowest BCUT2D eigenvalue weighted by Crippen LogP contribution is -2.17. The Bertz CT molecular complexity index is 990. The van der Waals surface area contributed by atoms with Gasteiger partial charge in [-0.25, -0.2) is 0 Å². The van der Waals surface area contributed by atoms with E-state index in [0.29, 0.717) is 0 Å². The Kier molecular flexibility index (Phi) is 4.53. The minimum absolute atomic E-state index is 0.196. The summed E-state index contributed by atoms with van der Waals surface area (Å²) >= 11 is 0. The van der Waals surface area contributed by atoms with Crippen LogP contribution in [0.2, 0.25) is 0 Å². The first-order chi connectivity index (χ1) is 13.8. The lowest BCUT2D eigenvalue weighted by Gasteiger charge is -2.11. The van der Waals surface area contributed by atoms with E-state index < -0.39 is 0 Å². The fourth-order valence-electron chi connectivity index (χ4n) is 4.49. The van der Waals surface area contributed by atoms with Gasteiger partial charge in [-0.1, -0.05) is 23.4 Å². The van der Waals surface area contributed by atoms with Crippen molar-refractivity contribution in [2.24, 2.45) is 5.18 Å². The van der Waals surface area contributed by atoms with Gasteiger partial charge in [0.2, 0.25) is 0 Å². The van der Waals surface area contributed by atoms with Crippen molar-refractivity contribution in [3.8, 4) is 22.5 Å². The van der Waals surface area contributed by atoms with Crippen LogP contribution >= 0.6 is 0 Å². The molecule has 1 saturated heterocycles. The van der Waals surface area contributed by atoms with Crippen LogP contribution in [0.15, 0.2) is 58.4 Å². The second-order valence-electron chi connectivity index (χ2n) is 7.75. The maximum Gasteiger partial charge on any atom is 0.142 e. The fourth-order valence-corrected chi connectivity index (χ4v) is 4.49. The Morgan fingerprint density at radius 3 is 2.68 bits per heavy atom. The van der Waals surface area contributed by atoms with Crippen LogP contribution in [0.1, 0.15) is 42.2 Å². The average molecular weight is 373 g/mol. The third-order valence-corrected chi connectivity index (χ3v) is 5.93. The van der Waals surface area contributed by atoms with Crippen molar-refractivity contribution in [3.05, 3.63) is 70.6 Å². The van der Waals surface area contributed by atoms with Crippen LogP contribution in [0.25, 0.3) is 22.5 Å². The molecule has 0 radical (unpaired) electrons. The van der Waals surface area contributed by atoms with Crippen molar-refractivity contribution in [2.75, 3.05) is 13.1 Å². The van der Waals surface area contributed by atoms with E-state index in [2.05, 4.69) is 39.3 Å². The summed E-state index contributed by atoms with van der Waals surface area (Å²) in [6.07, 6.45) is 7.84. The first-order valence-electron chi connectivity index (χ1n) is 10.0. The molecule has 3 heterocycles. The molecule has 28 heavy (non-hydrogen) atoms. The second-order valence-corrected chi connectivity index (χ2v) is 7.75. The van der Waals surface area contributed by atoms with E-state index in [9.17, 15) is 4.91 Å². The number of pyridine rings is 1. The topological polar surface area (TPSA) is 58.7 Å². The van der Waals surface area contributed by atoms with Gasteiger partial charge in [0, 0.05) is 23.5 Å². The van der Waals surface area contributed by atoms with Gasteiger partial charge in [-0.2, -0.15) is 4.91 Å². The number of aryl methyl sites for hydroxylation is 1. The van der Waals surface area contributed by atoms with Crippen LogP contribution in [0.3, 0.4) is 0 Å². The molecule has 1 unspecified atom stereocenters. The number of rotatable bonds is 5. The number of hydrogen-bond acceptors (Lipinski definition) is 5. The van der Waals surface area contributed by atoms with Gasteiger partial charge in [-0.15, -0.1) is 0 Å². The number of aromatic nitrogens is 1. The molecule has 1 aliphatic heterocycles. The van der Waals surface area contributed by atoms with E-state index in [1.807, 2.05) is 12.1 Å². The number of fused-ring (bicyclic) bond motifs is 1. The molecule has 3 aromatic rings. The first-order valence-corrected chi connectivity index (χ1v) is 10.0. The predicted molar refractivity (Wildman–Crippen MR) is 109 cm³/mol. The molecule has 2 aliphatic rings. The van der Waals surface area contributed by atoms with Crippen LogP contribution < -0.4 is 0 Å². The minimum Gasteiger partial charge on any atom is -0.459 e. The third kappa shape index (κ3) is 3.16. The monoisotopic (exact) mass is 373 g/mol. The summed E-state index contributed by atoms with van der Waals surface area (Å²) in [5.41, 5.74) is 5.57. The summed E-state index contributed by atoms with van der Waals surface area (Å²) in [5, 5.41) is 3.28. The summed E-state index contributed by atoms with van der Waals surface area (Å²) in [7, 11) is 0. The SMILES string of the molecule is O=NC1CCc2cc(-c3cc(CN4CCCC4)oc3-c3ccncc3)ccc21. The number of benzene rings is 1. The number of likely N-dealkylation sites (tertiary alicyclic amines) is 1. The van der Waals surface area contributed by atoms with Gasteiger partial charge >= 0.3 is 0 Å².